The van der Waals surface area contributed by atoms with Crippen LogP contribution in [0.2, 0.25) is 0 Å². The molecule has 0 bridgehead atoms. The van der Waals surface area contributed by atoms with Crippen LogP contribution in [0.25, 0.3) is 0 Å². The third-order valence-electron chi connectivity index (χ3n) is 3.80. The van der Waals surface area contributed by atoms with Gasteiger partial charge in [-0.1, -0.05) is 31.9 Å². The van der Waals surface area contributed by atoms with E-state index in [1.54, 1.807) is 6.07 Å². The molecule has 0 heterocycles. The Bertz CT molecular complexity index is 821. The highest BCUT2D eigenvalue weighted by Crippen LogP contribution is 2.17. The first-order valence-corrected chi connectivity index (χ1v) is 8.50. The Labute approximate surface area is 154 Å². The highest BCUT2D eigenvalue weighted by atomic mass is 19.2. The maximum absolute atomic E-state index is 13.6. The summed E-state index contributed by atoms with van der Waals surface area (Å²) in [5.41, 5.74) is -0.354. The van der Waals surface area contributed by atoms with Crippen molar-refractivity contribution in [3.63, 3.8) is 0 Å². The highest BCUT2D eigenvalue weighted by molar-refractivity contribution is 6.03. The van der Waals surface area contributed by atoms with Gasteiger partial charge in [-0.15, -0.1) is 0 Å². The lowest BCUT2D eigenvalue weighted by Gasteiger charge is -2.10. The zero-order valence-electron chi connectivity index (χ0n) is 14.8. The zero-order valence-corrected chi connectivity index (χ0v) is 14.8. The molecule has 144 valence electrons. The minimum atomic E-state index is -1.33. The van der Waals surface area contributed by atoms with Gasteiger partial charge in [0.1, 0.15) is 12.4 Å². The summed E-state index contributed by atoms with van der Waals surface area (Å²) in [5, 5.41) is 0. The maximum Gasteiger partial charge on any atom is 0.339 e. The van der Waals surface area contributed by atoms with E-state index in [1.807, 2.05) is 6.92 Å². The van der Waals surface area contributed by atoms with Crippen molar-refractivity contribution in [1.82, 2.24) is 0 Å². The fourth-order valence-electron chi connectivity index (χ4n) is 2.33. The molecule has 0 fully saturated rings. The predicted molar refractivity (Wildman–Crippen MR) is 91.7 cm³/mol. The van der Waals surface area contributed by atoms with Gasteiger partial charge in [-0.25, -0.2) is 22.8 Å². The third kappa shape index (κ3) is 5.57. The van der Waals surface area contributed by atoms with E-state index in [0.717, 1.165) is 12.8 Å². The second-order valence-corrected chi connectivity index (χ2v) is 5.82. The topological polar surface area (TPSA) is 52.6 Å². The first-order valence-electron chi connectivity index (χ1n) is 8.50. The molecule has 0 aliphatic rings. The van der Waals surface area contributed by atoms with E-state index in [9.17, 15) is 22.8 Å². The summed E-state index contributed by atoms with van der Waals surface area (Å²) in [5.74, 6) is -5.19. The standard InChI is InChI=1S/C20H19F3O4/c1-2-3-6-9-26-19(24)14-7-4-5-8-15(14)20(25)27-12-13-10-17(22)18(23)11-16(13)21/h4-5,7-8,10-11H,2-3,6,9,12H2,1H3. The van der Waals surface area contributed by atoms with Crippen LogP contribution >= 0.6 is 0 Å². The van der Waals surface area contributed by atoms with E-state index >= 15 is 0 Å². The maximum atomic E-state index is 13.6. The fourth-order valence-corrected chi connectivity index (χ4v) is 2.33. The summed E-state index contributed by atoms with van der Waals surface area (Å²) in [7, 11) is 0. The van der Waals surface area contributed by atoms with Gasteiger partial charge in [-0.2, -0.15) is 0 Å². The zero-order chi connectivity index (χ0) is 19.8. The molecule has 0 aliphatic carbocycles. The van der Waals surface area contributed by atoms with E-state index in [4.69, 9.17) is 9.47 Å². The monoisotopic (exact) mass is 380 g/mol. The molecule has 0 aromatic heterocycles. The summed E-state index contributed by atoms with van der Waals surface area (Å²) in [4.78, 5) is 24.4. The average molecular weight is 380 g/mol. The van der Waals surface area contributed by atoms with E-state index in [2.05, 4.69) is 0 Å². The second-order valence-electron chi connectivity index (χ2n) is 5.82. The Balaban J connectivity index is 2.06. The fraction of sp³-hybridized carbons (Fsp3) is 0.300. The Kier molecular flexibility index (Phi) is 7.40. The van der Waals surface area contributed by atoms with E-state index in [0.29, 0.717) is 18.6 Å². The molecule has 0 saturated carbocycles. The smallest absolute Gasteiger partial charge is 0.339 e. The van der Waals surface area contributed by atoms with Crippen molar-refractivity contribution in [2.45, 2.75) is 32.8 Å². The van der Waals surface area contributed by atoms with Gasteiger partial charge in [0.2, 0.25) is 0 Å². The van der Waals surface area contributed by atoms with Crippen LogP contribution in [0.3, 0.4) is 0 Å². The van der Waals surface area contributed by atoms with Crippen molar-refractivity contribution in [3.8, 4) is 0 Å². The Hall–Kier alpha value is -2.83. The van der Waals surface area contributed by atoms with Gasteiger partial charge in [-0.3, -0.25) is 0 Å². The first-order chi connectivity index (χ1) is 12.9. The van der Waals surface area contributed by atoms with Gasteiger partial charge in [0.25, 0.3) is 0 Å². The first kappa shape index (κ1) is 20.5. The van der Waals surface area contributed by atoms with Crippen LogP contribution in [0.4, 0.5) is 13.2 Å². The summed E-state index contributed by atoms with van der Waals surface area (Å²) in [6, 6.07) is 6.87. The lowest BCUT2D eigenvalue weighted by Crippen LogP contribution is -2.15. The second kappa shape index (κ2) is 9.75. The molecule has 0 saturated heterocycles. The number of carbonyl (C=O) groups is 2. The number of hydrogen-bond donors (Lipinski definition) is 0. The number of halogens is 3. The van der Waals surface area contributed by atoms with Gasteiger partial charge in [0, 0.05) is 11.6 Å². The average Bonchev–Trinajstić information content (AvgIpc) is 2.66. The van der Waals surface area contributed by atoms with Gasteiger partial charge in [0.15, 0.2) is 11.6 Å². The van der Waals surface area contributed by atoms with Crippen LogP contribution < -0.4 is 0 Å². The van der Waals surface area contributed by atoms with Crippen molar-refractivity contribution >= 4 is 11.9 Å². The van der Waals surface area contributed by atoms with Crippen LogP contribution in [0.15, 0.2) is 36.4 Å². The van der Waals surface area contributed by atoms with Crippen molar-refractivity contribution < 1.29 is 32.2 Å². The predicted octanol–water partition coefficient (Wildman–Crippen LogP) is 4.81. The quantitative estimate of drug-likeness (QED) is 0.375. The van der Waals surface area contributed by atoms with Crippen LogP contribution in [0.5, 0.6) is 0 Å². The van der Waals surface area contributed by atoms with E-state index in [1.165, 1.54) is 18.2 Å². The molecule has 4 nitrogen and oxygen atoms in total. The molecule has 7 heteroatoms. The van der Waals surface area contributed by atoms with Crippen LogP contribution in [-0.2, 0) is 16.1 Å². The van der Waals surface area contributed by atoms with Gasteiger partial charge < -0.3 is 9.47 Å². The SMILES string of the molecule is CCCCCOC(=O)c1ccccc1C(=O)OCc1cc(F)c(F)cc1F. The number of unbranched alkanes of at least 4 members (excludes halogenated alkanes) is 2. The molecule has 2 aromatic carbocycles. The number of ether oxygens (including phenoxy) is 2. The Morgan fingerprint density at radius 2 is 1.44 bits per heavy atom. The number of rotatable bonds is 8. The number of hydrogen-bond acceptors (Lipinski definition) is 4. The molecule has 2 rings (SSSR count). The molecule has 0 atom stereocenters. The van der Waals surface area contributed by atoms with Gasteiger partial charge in [-0.05, 0) is 24.6 Å². The molecule has 0 N–H and O–H groups in total. The molecule has 0 radical (unpaired) electrons. The number of carbonyl (C=O) groups excluding carboxylic acids is 2. The minimum absolute atomic E-state index is 0.0183. The molecule has 0 spiro atoms. The molecule has 0 unspecified atom stereocenters. The lowest BCUT2D eigenvalue weighted by molar-refractivity contribution is 0.0433. The summed E-state index contributed by atoms with van der Waals surface area (Å²) in [6.45, 7) is 1.64. The van der Waals surface area contributed by atoms with Gasteiger partial charge in [0.05, 0.1) is 17.7 Å². The molecular formula is C20H19F3O4. The van der Waals surface area contributed by atoms with Crippen LogP contribution in [0, 0.1) is 17.5 Å². The van der Waals surface area contributed by atoms with Crippen molar-refractivity contribution in [3.05, 3.63) is 70.5 Å². The largest absolute Gasteiger partial charge is 0.462 e. The summed E-state index contributed by atoms with van der Waals surface area (Å²) in [6.07, 6.45) is 2.60. The summed E-state index contributed by atoms with van der Waals surface area (Å²) >= 11 is 0. The molecule has 0 aliphatic heterocycles. The van der Waals surface area contributed by atoms with Gasteiger partial charge >= 0.3 is 11.9 Å². The normalized spacial score (nSPS) is 10.5. The van der Waals surface area contributed by atoms with Crippen molar-refractivity contribution in [2.24, 2.45) is 0 Å². The van der Waals surface area contributed by atoms with Crippen LogP contribution in [0.1, 0.15) is 52.5 Å². The molecular weight excluding hydrogens is 361 g/mol. The number of esters is 2. The van der Waals surface area contributed by atoms with Crippen molar-refractivity contribution in [1.29, 1.82) is 0 Å². The Morgan fingerprint density at radius 3 is 2.07 bits per heavy atom. The lowest BCUT2D eigenvalue weighted by atomic mass is 10.1. The van der Waals surface area contributed by atoms with E-state index in [-0.39, 0.29) is 23.3 Å². The van der Waals surface area contributed by atoms with Crippen LogP contribution in [-0.4, -0.2) is 18.5 Å². The van der Waals surface area contributed by atoms with E-state index < -0.39 is 36.0 Å². The highest BCUT2D eigenvalue weighted by Gasteiger charge is 2.20. The minimum Gasteiger partial charge on any atom is -0.462 e. The summed E-state index contributed by atoms with van der Waals surface area (Å²) < 4.78 is 49.9. The third-order valence-corrected chi connectivity index (χ3v) is 3.80. The molecule has 0 amide bonds. The van der Waals surface area contributed by atoms with Crippen molar-refractivity contribution in [2.75, 3.05) is 6.61 Å². The number of benzene rings is 2. The Morgan fingerprint density at radius 1 is 0.852 bits per heavy atom. The molecule has 2 aromatic rings. The molecule has 27 heavy (non-hydrogen) atoms.